The van der Waals surface area contributed by atoms with Crippen LogP contribution in [0.4, 0.5) is 0 Å². The van der Waals surface area contributed by atoms with E-state index in [1.807, 2.05) is 18.5 Å². The second kappa shape index (κ2) is 4.07. The normalized spacial score (nSPS) is 20.7. The summed E-state index contributed by atoms with van der Waals surface area (Å²) in [5.41, 5.74) is 2.03. The van der Waals surface area contributed by atoms with Gasteiger partial charge in [0.25, 0.3) is 0 Å². The van der Waals surface area contributed by atoms with E-state index in [-0.39, 0.29) is 0 Å². The molecule has 3 rings (SSSR count). The molecule has 0 aliphatic carbocycles. The molecule has 1 N–H and O–H groups in total. The van der Waals surface area contributed by atoms with Crippen LogP contribution in [0.5, 0.6) is 0 Å². The van der Waals surface area contributed by atoms with E-state index in [0.29, 0.717) is 6.04 Å². The SMILES string of the molecule is Clc1cccc2c1ncn2CC1CCCN1. The van der Waals surface area contributed by atoms with Crippen molar-refractivity contribution < 1.29 is 0 Å². The van der Waals surface area contributed by atoms with Crippen LogP contribution in [0.1, 0.15) is 12.8 Å². The number of nitrogens with zero attached hydrogens (tertiary/aromatic N) is 2. The number of aromatic nitrogens is 2. The molecule has 2 heterocycles. The summed E-state index contributed by atoms with van der Waals surface area (Å²) in [7, 11) is 0. The van der Waals surface area contributed by atoms with Gasteiger partial charge >= 0.3 is 0 Å². The summed E-state index contributed by atoms with van der Waals surface area (Å²) in [6.07, 6.45) is 4.41. The third-order valence-corrected chi connectivity index (χ3v) is 3.49. The van der Waals surface area contributed by atoms with Gasteiger partial charge in [-0.15, -0.1) is 0 Å². The minimum atomic E-state index is 0.580. The van der Waals surface area contributed by atoms with Crippen LogP contribution in [-0.2, 0) is 6.54 Å². The number of halogens is 1. The lowest BCUT2D eigenvalue weighted by Gasteiger charge is -2.11. The first kappa shape index (κ1) is 10.1. The molecule has 2 aromatic rings. The number of rotatable bonds is 2. The van der Waals surface area contributed by atoms with Crippen LogP contribution in [0, 0.1) is 0 Å². The van der Waals surface area contributed by atoms with Crippen molar-refractivity contribution in [2.45, 2.75) is 25.4 Å². The first-order valence-corrected chi connectivity index (χ1v) is 6.05. The van der Waals surface area contributed by atoms with Crippen LogP contribution in [-0.4, -0.2) is 22.1 Å². The molecule has 1 atom stereocenters. The number of nitrogens with one attached hydrogen (secondary N) is 1. The van der Waals surface area contributed by atoms with Crippen LogP contribution in [0.3, 0.4) is 0 Å². The highest BCUT2D eigenvalue weighted by atomic mass is 35.5. The van der Waals surface area contributed by atoms with Crippen molar-refractivity contribution in [1.29, 1.82) is 0 Å². The Hall–Kier alpha value is -1.06. The molecule has 1 aromatic heterocycles. The van der Waals surface area contributed by atoms with Gasteiger partial charge < -0.3 is 9.88 Å². The third-order valence-electron chi connectivity index (χ3n) is 3.18. The van der Waals surface area contributed by atoms with Crippen molar-refractivity contribution in [3.05, 3.63) is 29.5 Å². The fourth-order valence-corrected chi connectivity index (χ4v) is 2.57. The molecule has 3 nitrogen and oxygen atoms in total. The Morgan fingerprint density at radius 3 is 3.25 bits per heavy atom. The van der Waals surface area contributed by atoms with Crippen LogP contribution >= 0.6 is 11.6 Å². The van der Waals surface area contributed by atoms with Gasteiger partial charge in [0.15, 0.2) is 0 Å². The van der Waals surface area contributed by atoms with Gasteiger partial charge in [0.1, 0.15) is 5.52 Å². The van der Waals surface area contributed by atoms with E-state index in [1.165, 1.54) is 12.8 Å². The van der Waals surface area contributed by atoms with Gasteiger partial charge in [-0.1, -0.05) is 17.7 Å². The van der Waals surface area contributed by atoms with E-state index in [9.17, 15) is 0 Å². The van der Waals surface area contributed by atoms with Crippen LogP contribution in [0.15, 0.2) is 24.5 Å². The lowest BCUT2D eigenvalue weighted by molar-refractivity contribution is 0.517. The van der Waals surface area contributed by atoms with Gasteiger partial charge in [-0.2, -0.15) is 0 Å². The molecule has 4 heteroatoms. The van der Waals surface area contributed by atoms with Crippen molar-refractivity contribution in [1.82, 2.24) is 14.9 Å². The molecule has 1 aromatic carbocycles. The number of benzene rings is 1. The fourth-order valence-electron chi connectivity index (χ4n) is 2.35. The predicted octanol–water partition coefficient (Wildman–Crippen LogP) is 2.44. The van der Waals surface area contributed by atoms with Crippen LogP contribution in [0.2, 0.25) is 5.02 Å². The molecule has 84 valence electrons. The van der Waals surface area contributed by atoms with Crippen molar-refractivity contribution in [2.75, 3.05) is 6.54 Å². The average molecular weight is 236 g/mol. The lowest BCUT2D eigenvalue weighted by atomic mass is 10.2. The van der Waals surface area contributed by atoms with E-state index >= 15 is 0 Å². The lowest BCUT2D eigenvalue weighted by Crippen LogP contribution is -2.26. The number of imidazole rings is 1. The first-order valence-electron chi connectivity index (χ1n) is 5.67. The maximum Gasteiger partial charge on any atom is 0.107 e. The van der Waals surface area contributed by atoms with E-state index < -0.39 is 0 Å². The summed E-state index contributed by atoms with van der Waals surface area (Å²) in [6.45, 7) is 2.12. The summed E-state index contributed by atoms with van der Waals surface area (Å²) < 4.78 is 2.18. The standard InChI is InChI=1S/C12H14ClN3/c13-10-4-1-5-11-12(10)15-8-16(11)7-9-3-2-6-14-9/h1,4-5,8-9,14H,2-3,6-7H2. The van der Waals surface area contributed by atoms with Gasteiger partial charge in [0.05, 0.1) is 16.9 Å². The molecular formula is C12H14ClN3. The maximum atomic E-state index is 6.10. The number of fused-ring (bicyclic) bond motifs is 1. The molecule has 16 heavy (non-hydrogen) atoms. The minimum absolute atomic E-state index is 0.580. The molecule has 0 saturated carbocycles. The molecule has 1 fully saturated rings. The number of para-hydroxylation sites is 1. The Morgan fingerprint density at radius 2 is 2.44 bits per heavy atom. The minimum Gasteiger partial charge on any atom is -0.329 e. The average Bonchev–Trinajstić information content (AvgIpc) is 2.90. The summed E-state index contributed by atoms with van der Waals surface area (Å²) in [4.78, 5) is 4.36. The Kier molecular flexibility index (Phi) is 2.58. The number of hydrogen-bond acceptors (Lipinski definition) is 2. The van der Waals surface area contributed by atoms with E-state index in [2.05, 4.69) is 20.9 Å². The second-order valence-corrected chi connectivity index (χ2v) is 4.70. The van der Waals surface area contributed by atoms with Crippen molar-refractivity contribution in [3.8, 4) is 0 Å². The van der Waals surface area contributed by atoms with E-state index in [0.717, 1.165) is 29.1 Å². The van der Waals surface area contributed by atoms with Gasteiger partial charge in [0, 0.05) is 12.6 Å². The summed E-state index contributed by atoms with van der Waals surface area (Å²) in [6, 6.07) is 6.51. The zero-order chi connectivity index (χ0) is 11.0. The molecule has 1 unspecified atom stereocenters. The van der Waals surface area contributed by atoms with Crippen molar-refractivity contribution in [2.24, 2.45) is 0 Å². The van der Waals surface area contributed by atoms with Crippen LogP contribution < -0.4 is 5.32 Å². The molecular weight excluding hydrogens is 222 g/mol. The molecule has 0 bridgehead atoms. The zero-order valence-electron chi connectivity index (χ0n) is 8.99. The number of hydrogen-bond donors (Lipinski definition) is 1. The second-order valence-electron chi connectivity index (χ2n) is 4.30. The van der Waals surface area contributed by atoms with Gasteiger partial charge in [0.2, 0.25) is 0 Å². The third kappa shape index (κ3) is 1.70. The largest absolute Gasteiger partial charge is 0.329 e. The fraction of sp³-hybridized carbons (Fsp3) is 0.417. The summed E-state index contributed by atoms with van der Waals surface area (Å²) in [5, 5.41) is 4.22. The van der Waals surface area contributed by atoms with Crippen molar-refractivity contribution >= 4 is 22.6 Å². The van der Waals surface area contributed by atoms with E-state index in [4.69, 9.17) is 11.6 Å². The molecule has 1 aliphatic rings. The highest BCUT2D eigenvalue weighted by molar-refractivity contribution is 6.34. The molecule has 1 aliphatic heterocycles. The summed E-state index contributed by atoms with van der Waals surface area (Å²) in [5.74, 6) is 0. The van der Waals surface area contributed by atoms with Gasteiger partial charge in [-0.25, -0.2) is 4.98 Å². The van der Waals surface area contributed by atoms with Crippen LogP contribution in [0.25, 0.3) is 11.0 Å². The maximum absolute atomic E-state index is 6.10. The molecule has 0 radical (unpaired) electrons. The smallest absolute Gasteiger partial charge is 0.107 e. The summed E-state index contributed by atoms with van der Waals surface area (Å²) >= 11 is 6.10. The van der Waals surface area contributed by atoms with Gasteiger partial charge in [-0.05, 0) is 31.5 Å². The highest BCUT2D eigenvalue weighted by Crippen LogP contribution is 2.22. The highest BCUT2D eigenvalue weighted by Gasteiger charge is 2.15. The first-order chi connectivity index (χ1) is 7.84. The topological polar surface area (TPSA) is 29.9 Å². The molecule has 1 saturated heterocycles. The predicted molar refractivity (Wildman–Crippen MR) is 65.8 cm³/mol. The quantitative estimate of drug-likeness (QED) is 0.867. The zero-order valence-corrected chi connectivity index (χ0v) is 9.74. The monoisotopic (exact) mass is 235 g/mol. The Bertz CT molecular complexity index is 500. The van der Waals surface area contributed by atoms with Crippen molar-refractivity contribution in [3.63, 3.8) is 0 Å². The Balaban J connectivity index is 1.94. The molecule has 0 amide bonds. The molecule has 0 spiro atoms. The Labute approximate surface area is 99.4 Å². The van der Waals surface area contributed by atoms with E-state index in [1.54, 1.807) is 0 Å². The van der Waals surface area contributed by atoms with Gasteiger partial charge in [-0.3, -0.25) is 0 Å². The Morgan fingerprint density at radius 1 is 1.50 bits per heavy atom.